The molecule has 1 fully saturated rings. The predicted molar refractivity (Wildman–Crippen MR) is 77.1 cm³/mol. The number of amides is 1. The number of carbonyl (C=O) groups excluding carboxylic acids is 2. The van der Waals surface area contributed by atoms with Crippen LogP contribution in [-0.4, -0.2) is 17.4 Å². The molecule has 1 aliphatic rings. The van der Waals surface area contributed by atoms with Gasteiger partial charge < -0.3 is 21.0 Å². The van der Waals surface area contributed by atoms with Gasteiger partial charge in [-0.1, -0.05) is 18.2 Å². The Balaban J connectivity index is 0.00000200. The molecule has 108 valence electrons. The molecule has 1 aliphatic carbocycles. The lowest BCUT2D eigenvalue weighted by atomic mass is 9.77. The van der Waals surface area contributed by atoms with Gasteiger partial charge in [-0.15, -0.1) is 12.4 Å². The summed E-state index contributed by atoms with van der Waals surface area (Å²) in [4.78, 5) is 22.1. The molecule has 0 bridgehead atoms. The smallest absolute Gasteiger partial charge is 0.244 e. The molecule has 0 unspecified atom stereocenters. The molecule has 1 amide bonds. The first kappa shape index (κ1) is 16.2. The van der Waals surface area contributed by atoms with Gasteiger partial charge in [0.05, 0.1) is 11.5 Å². The second kappa shape index (κ2) is 6.54. The Morgan fingerprint density at radius 1 is 1.25 bits per heavy atom. The van der Waals surface area contributed by atoms with E-state index in [0.717, 1.165) is 12.5 Å². The standard InChI is InChI=1S/C14H16N2O3.ClH/c15-14(8-1-9-14)13(19)16-11-5-2-10(3-6-11)4-7-12(17)18;/h2-7H,1,8-9,15H2,(H,16,19)(H,17,18);1H/p-1/b7-4+;. The molecular weight excluding hydrogens is 280 g/mol. The summed E-state index contributed by atoms with van der Waals surface area (Å²) in [5.41, 5.74) is 6.54. The number of carbonyl (C=O) groups is 2. The number of rotatable bonds is 4. The van der Waals surface area contributed by atoms with Crippen molar-refractivity contribution in [3.63, 3.8) is 0 Å². The Hall–Kier alpha value is -1.85. The summed E-state index contributed by atoms with van der Waals surface area (Å²) in [5.74, 6) is -1.41. The lowest BCUT2D eigenvalue weighted by molar-refractivity contribution is -0.297. The van der Waals surface area contributed by atoms with Gasteiger partial charge in [0, 0.05) is 5.69 Å². The van der Waals surface area contributed by atoms with Gasteiger partial charge in [0.2, 0.25) is 5.91 Å². The zero-order valence-corrected chi connectivity index (χ0v) is 11.6. The topological polar surface area (TPSA) is 95.2 Å². The average Bonchev–Trinajstić information content (AvgIpc) is 2.35. The Labute approximate surface area is 123 Å². The van der Waals surface area contributed by atoms with Crippen LogP contribution in [0.15, 0.2) is 30.3 Å². The number of nitrogens with one attached hydrogen (secondary N) is 1. The molecule has 0 saturated heterocycles. The third-order valence-electron chi connectivity index (χ3n) is 3.28. The van der Waals surface area contributed by atoms with Gasteiger partial charge in [-0.2, -0.15) is 0 Å². The molecule has 1 saturated carbocycles. The van der Waals surface area contributed by atoms with E-state index in [1.807, 2.05) is 0 Å². The van der Waals surface area contributed by atoms with Crippen LogP contribution in [0.4, 0.5) is 5.69 Å². The average molecular weight is 296 g/mol. The van der Waals surface area contributed by atoms with Crippen molar-refractivity contribution in [1.29, 1.82) is 0 Å². The lowest BCUT2D eigenvalue weighted by Crippen LogP contribution is -2.56. The van der Waals surface area contributed by atoms with Crippen LogP contribution in [0.3, 0.4) is 0 Å². The van der Waals surface area contributed by atoms with E-state index in [-0.39, 0.29) is 18.3 Å². The molecule has 1 aromatic rings. The van der Waals surface area contributed by atoms with Crippen LogP contribution in [0.25, 0.3) is 6.08 Å². The molecule has 0 radical (unpaired) electrons. The third kappa shape index (κ3) is 3.82. The highest BCUT2D eigenvalue weighted by Crippen LogP contribution is 2.30. The first-order chi connectivity index (χ1) is 8.99. The van der Waals surface area contributed by atoms with Crippen LogP contribution in [0, 0.1) is 0 Å². The number of nitrogens with two attached hydrogens (primary N) is 1. The molecule has 0 aliphatic heterocycles. The number of anilines is 1. The Morgan fingerprint density at radius 2 is 1.85 bits per heavy atom. The van der Waals surface area contributed by atoms with Crippen LogP contribution in [0.1, 0.15) is 24.8 Å². The molecule has 2 rings (SSSR count). The quantitative estimate of drug-likeness (QED) is 0.799. The van der Waals surface area contributed by atoms with E-state index in [1.165, 1.54) is 6.08 Å². The van der Waals surface area contributed by atoms with Crippen molar-refractivity contribution in [2.45, 2.75) is 24.8 Å². The molecule has 1 aromatic carbocycles. The van der Waals surface area contributed by atoms with Gasteiger partial charge in [0.1, 0.15) is 0 Å². The second-order valence-electron chi connectivity index (χ2n) is 4.74. The molecule has 20 heavy (non-hydrogen) atoms. The zero-order chi connectivity index (χ0) is 13.9. The van der Waals surface area contributed by atoms with Crippen LogP contribution in [-0.2, 0) is 9.59 Å². The largest absolute Gasteiger partial charge is 0.545 e. The SMILES string of the molecule is Cl.NC1(C(=O)Nc2ccc(/C=C/C(=O)[O-])cc2)CCC1. The Kier molecular flexibility index (Phi) is 5.30. The maximum atomic E-state index is 11.9. The summed E-state index contributed by atoms with van der Waals surface area (Å²) in [6.45, 7) is 0. The van der Waals surface area contributed by atoms with E-state index in [4.69, 9.17) is 5.73 Å². The highest BCUT2D eigenvalue weighted by Gasteiger charge is 2.39. The van der Waals surface area contributed by atoms with Gasteiger partial charge in [-0.25, -0.2) is 0 Å². The van der Waals surface area contributed by atoms with Gasteiger partial charge in [0.15, 0.2) is 0 Å². The number of hydrogen-bond donors (Lipinski definition) is 2. The molecule has 0 aromatic heterocycles. The van der Waals surface area contributed by atoms with Gasteiger partial charge in [-0.05, 0) is 43.0 Å². The van der Waals surface area contributed by atoms with E-state index in [1.54, 1.807) is 24.3 Å². The van der Waals surface area contributed by atoms with Crippen molar-refractivity contribution >= 4 is 36.0 Å². The number of carboxylic acids is 1. The van der Waals surface area contributed by atoms with Crippen molar-refractivity contribution in [2.24, 2.45) is 5.73 Å². The minimum atomic E-state index is -1.24. The Morgan fingerprint density at radius 3 is 2.30 bits per heavy atom. The first-order valence-corrected chi connectivity index (χ1v) is 6.09. The fourth-order valence-electron chi connectivity index (χ4n) is 1.88. The predicted octanol–water partition coefficient (Wildman–Crippen LogP) is 0.691. The van der Waals surface area contributed by atoms with Crippen molar-refractivity contribution in [3.8, 4) is 0 Å². The van der Waals surface area contributed by atoms with E-state index < -0.39 is 11.5 Å². The third-order valence-corrected chi connectivity index (χ3v) is 3.28. The number of halogens is 1. The lowest BCUT2D eigenvalue weighted by Gasteiger charge is -2.36. The molecule has 0 atom stereocenters. The highest BCUT2D eigenvalue weighted by molar-refractivity contribution is 5.98. The number of hydrogen-bond acceptors (Lipinski definition) is 4. The molecule has 0 heterocycles. The van der Waals surface area contributed by atoms with Gasteiger partial charge in [0.25, 0.3) is 0 Å². The number of carboxylic acid groups (broad SMARTS) is 1. The zero-order valence-electron chi connectivity index (χ0n) is 10.8. The number of benzene rings is 1. The van der Waals surface area contributed by atoms with E-state index in [2.05, 4.69) is 5.32 Å². The summed E-state index contributed by atoms with van der Waals surface area (Å²) in [7, 11) is 0. The van der Waals surface area contributed by atoms with Gasteiger partial charge >= 0.3 is 0 Å². The normalized spacial score (nSPS) is 16.1. The van der Waals surface area contributed by atoms with Crippen molar-refractivity contribution < 1.29 is 14.7 Å². The molecule has 6 heteroatoms. The summed E-state index contributed by atoms with van der Waals surface area (Å²) in [6.07, 6.45) is 4.79. The minimum Gasteiger partial charge on any atom is -0.545 e. The maximum absolute atomic E-state index is 11.9. The number of aliphatic carboxylic acids is 1. The van der Waals surface area contributed by atoms with E-state index in [9.17, 15) is 14.7 Å². The van der Waals surface area contributed by atoms with Crippen LogP contribution in [0.2, 0.25) is 0 Å². The fraction of sp³-hybridized carbons (Fsp3) is 0.286. The second-order valence-corrected chi connectivity index (χ2v) is 4.74. The van der Waals surface area contributed by atoms with Crippen LogP contribution in [0.5, 0.6) is 0 Å². The fourth-order valence-corrected chi connectivity index (χ4v) is 1.88. The van der Waals surface area contributed by atoms with Gasteiger partial charge in [-0.3, -0.25) is 4.79 Å². The summed E-state index contributed by atoms with van der Waals surface area (Å²) < 4.78 is 0. The van der Waals surface area contributed by atoms with E-state index in [0.29, 0.717) is 24.1 Å². The molecule has 3 N–H and O–H groups in total. The summed E-state index contributed by atoms with van der Waals surface area (Å²) >= 11 is 0. The molecular formula is C14H16ClN2O3-. The summed E-state index contributed by atoms with van der Waals surface area (Å²) in [5, 5.41) is 13.0. The first-order valence-electron chi connectivity index (χ1n) is 6.09. The monoisotopic (exact) mass is 295 g/mol. The maximum Gasteiger partial charge on any atom is 0.244 e. The summed E-state index contributed by atoms with van der Waals surface area (Å²) in [6, 6.07) is 6.82. The Bertz CT molecular complexity index is 522. The van der Waals surface area contributed by atoms with Crippen LogP contribution < -0.4 is 16.2 Å². The van der Waals surface area contributed by atoms with E-state index >= 15 is 0 Å². The van der Waals surface area contributed by atoms with Crippen molar-refractivity contribution in [2.75, 3.05) is 5.32 Å². The van der Waals surface area contributed by atoms with Crippen LogP contribution >= 0.6 is 12.4 Å². The molecule has 0 spiro atoms. The van der Waals surface area contributed by atoms with Crippen molar-refractivity contribution in [1.82, 2.24) is 0 Å². The minimum absolute atomic E-state index is 0. The van der Waals surface area contributed by atoms with Crippen molar-refractivity contribution in [3.05, 3.63) is 35.9 Å². The highest BCUT2D eigenvalue weighted by atomic mass is 35.5. The molecule has 5 nitrogen and oxygen atoms in total.